The van der Waals surface area contributed by atoms with E-state index in [1.165, 1.54) is 6.42 Å². The highest BCUT2D eigenvalue weighted by Crippen LogP contribution is 2.54. The third-order valence-corrected chi connectivity index (χ3v) is 6.19. The molecule has 2 aliphatic rings. The number of nitrogens with zero attached hydrogens (tertiary/aromatic N) is 3. The SMILES string of the molecule is Nc1nc(Cl)nc(Cl)n1.O=S(=O)(O)C1CCC12CCCCC2. The Kier molecular flexibility index (Phi) is 5.47. The molecule has 1 atom stereocenters. The smallest absolute Gasteiger partial charge is 0.268 e. The summed E-state index contributed by atoms with van der Waals surface area (Å²) >= 11 is 10.6. The van der Waals surface area contributed by atoms with Crippen molar-refractivity contribution in [2.75, 3.05) is 5.73 Å². The van der Waals surface area contributed by atoms with E-state index in [9.17, 15) is 8.42 Å². The van der Waals surface area contributed by atoms with Gasteiger partial charge in [-0.15, -0.1) is 0 Å². The van der Waals surface area contributed by atoms with E-state index >= 15 is 0 Å². The molecule has 1 aromatic rings. The zero-order chi connectivity index (χ0) is 16.4. The lowest BCUT2D eigenvalue weighted by Crippen LogP contribution is -2.50. The maximum Gasteiger partial charge on any atom is 0.268 e. The van der Waals surface area contributed by atoms with E-state index < -0.39 is 15.4 Å². The molecular weight excluding hydrogens is 351 g/mol. The lowest BCUT2D eigenvalue weighted by atomic mass is 9.60. The fourth-order valence-electron chi connectivity index (χ4n) is 3.30. The molecule has 0 amide bonds. The first-order chi connectivity index (χ1) is 10.2. The summed E-state index contributed by atoms with van der Waals surface area (Å²) in [5.74, 6) is 0.0278. The van der Waals surface area contributed by atoms with Crippen LogP contribution in [0.15, 0.2) is 0 Å². The van der Waals surface area contributed by atoms with Gasteiger partial charge in [0.25, 0.3) is 10.1 Å². The minimum atomic E-state index is -3.77. The van der Waals surface area contributed by atoms with Gasteiger partial charge in [-0.1, -0.05) is 19.3 Å². The van der Waals surface area contributed by atoms with Crippen molar-refractivity contribution < 1.29 is 13.0 Å². The first-order valence-corrected chi connectivity index (χ1v) is 9.28. The van der Waals surface area contributed by atoms with E-state index in [-0.39, 0.29) is 21.9 Å². The van der Waals surface area contributed by atoms with Crippen LogP contribution in [0.25, 0.3) is 0 Å². The maximum atomic E-state index is 11.0. The molecule has 0 saturated heterocycles. The van der Waals surface area contributed by atoms with Crippen LogP contribution >= 0.6 is 23.2 Å². The second-order valence-corrected chi connectivity index (χ2v) is 7.97. The van der Waals surface area contributed by atoms with Crippen molar-refractivity contribution in [1.82, 2.24) is 15.0 Å². The number of halogens is 2. The quantitative estimate of drug-likeness (QED) is 0.731. The topological polar surface area (TPSA) is 119 Å². The van der Waals surface area contributed by atoms with Gasteiger partial charge in [0.15, 0.2) is 0 Å². The van der Waals surface area contributed by atoms with Gasteiger partial charge >= 0.3 is 0 Å². The average Bonchev–Trinajstić information content (AvgIpc) is 2.35. The van der Waals surface area contributed by atoms with Crippen molar-refractivity contribution in [3.8, 4) is 0 Å². The predicted molar refractivity (Wildman–Crippen MR) is 84.3 cm³/mol. The van der Waals surface area contributed by atoms with Crippen molar-refractivity contribution in [3.05, 3.63) is 10.6 Å². The molecule has 1 aromatic heterocycles. The summed E-state index contributed by atoms with van der Waals surface area (Å²) in [5.41, 5.74) is 5.09. The van der Waals surface area contributed by atoms with Crippen LogP contribution in [0.2, 0.25) is 10.6 Å². The number of anilines is 1. The number of rotatable bonds is 1. The zero-order valence-corrected chi connectivity index (χ0v) is 14.2. The summed E-state index contributed by atoms with van der Waals surface area (Å²) in [6.07, 6.45) is 7.14. The normalized spacial score (nSPS) is 23.3. The molecule has 2 aliphatic carbocycles. The molecule has 124 valence electrons. The fourth-order valence-corrected chi connectivity index (χ4v) is 5.08. The molecule has 3 N–H and O–H groups in total. The van der Waals surface area contributed by atoms with E-state index in [0.717, 1.165) is 32.1 Å². The van der Waals surface area contributed by atoms with Crippen LogP contribution in [-0.2, 0) is 10.1 Å². The van der Waals surface area contributed by atoms with Crippen LogP contribution in [0.4, 0.5) is 5.95 Å². The third kappa shape index (κ3) is 4.18. The Morgan fingerprint density at radius 1 is 1.05 bits per heavy atom. The second kappa shape index (κ2) is 6.82. The lowest BCUT2D eigenvalue weighted by Gasteiger charge is -2.50. The number of hydrogen-bond donors (Lipinski definition) is 2. The monoisotopic (exact) mass is 368 g/mol. The molecule has 2 saturated carbocycles. The van der Waals surface area contributed by atoms with E-state index in [2.05, 4.69) is 15.0 Å². The summed E-state index contributed by atoms with van der Waals surface area (Å²) in [6, 6.07) is 0. The highest BCUT2D eigenvalue weighted by Gasteiger charge is 2.52. The van der Waals surface area contributed by atoms with E-state index in [4.69, 9.17) is 33.5 Å². The molecule has 0 aromatic carbocycles. The summed E-state index contributed by atoms with van der Waals surface area (Å²) in [7, 11) is -3.77. The van der Waals surface area contributed by atoms with Gasteiger partial charge in [-0.05, 0) is 54.3 Å². The van der Waals surface area contributed by atoms with Crippen LogP contribution in [-0.4, -0.2) is 33.2 Å². The predicted octanol–water partition coefficient (Wildman–Crippen LogP) is 2.75. The molecular formula is C12H18Cl2N4O3S. The minimum absolute atomic E-state index is 0.00694. The molecule has 22 heavy (non-hydrogen) atoms. The molecule has 10 heteroatoms. The minimum Gasteiger partial charge on any atom is -0.368 e. The van der Waals surface area contributed by atoms with E-state index in [1.54, 1.807) is 0 Å². The Morgan fingerprint density at radius 2 is 1.59 bits per heavy atom. The van der Waals surface area contributed by atoms with Crippen LogP contribution in [0.5, 0.6) is 0 Å². The Balaban J connectivity index is 0.000000172. The van der Waals surface area contributed by atoms with Crippen LogP contribution < -0.4 is 5.73 Å². The molecule has 0 bridgehead atoms. The van der Waals surface area contributed by atoms with Crippen LogP contribution in [0.3, 0.4) is 0 Å². The number of nitrogen functional groups attached to an aromatic ring is 1. The molecule has 7 nitrogen and oxygen atoms in total. The van der Waals surface area contributed by atoms with E-state index in [0.29, 0.717) is 6.42 Å². The van der Waals surface area contributed by atoms with Crippen LogP contribution in [0, 0.1) is 5.41 Å². The Hall–Kier alpha value is -0.700. The number of nitrogens with two attached hydrogens (primary N) is 1. The maximum absolute atomic E-state index is 11.0. The van der Waals surface area contributed by atoms with Gasteiger partial charge in [0.2, 0.25) is 16.5 Å². The van der Waals surface area contributed by atoms with Crippen LogP contribution in [0.1, 0.15) is 44.9 Å². The summed E-state index contributed by atoms with van der Waals surface area (Å²) in [4.78, 5) is 10.4. The van der Waals surface area contributed by atoms with Crippen molar-refractivity contribution in [2.24, 2.45) is 5.41 Å². The van der Waals surface area contributed by atoms with Crippen molar-refractivity contribution in [2.45, 2.75) is 50.2 Å². The standard InChI is InChI=1S/C9H16O3S.C3H2Cl2N4/c10-13(11,12)8-4-7-9(8)5-2-1-3-6-9;4-1-7-2(5)9-3(6)8-1/h8H,1-7H2,(H,10,11,12);(H2,6,7,8,9). The van der Waals surface area contributed by atoms with Gasteiger partial charge in [0.05, 0.1) is 5.25 Å². The Labute approximate surface area is 139 Å². The third-order valence-electron chi connectivity index (χ3n) is 4.39. The van der Waals surface area contributed by atoms with Gasteiger partial charge in [0, 0.05) is 0 Å². The lowest BCUT2D eigenvalue weighted by molar-refractivity contribution is 0.0785. The van der Waals surface area contributed by atoms with E-state index in [1.807, 2.05) is 0 Å². The Bertz CT molecular complexity index is 585. The highest BCUT2D eigenvalue weighted by molar-refractivity contribution is 7.86. The largest absolute Gasteiger partial charge is 0.368 e. The van der Waals surface area contributed by atoms with Crippen molar-refractivity contribution in [3.63, 3.8) is 0 Å². The summed E-state index contributed by atoms with van der Waals surface area (Å²) in [6.45, 7) is 0. The molecule has 1 unspecified atom stereocenters. The molecule has 0 aliphatic heterocycles. The van der Waals surface area contributed by atoms with Crippen molar-refractivity contribution >= 4 is 39.3 Å². The summed E-state index contributed by atoms with van der Waals surface area (Å²) < 4.78 is 31.1. The summed E-state index contributed by atoms with van der Waals surface area (Å²) in [5, 5.41) is -0.430. The van der Waals surface area contributed by atoms with Crippen molar-refractivity contribution in [1.29, 1.82) is 0 Å². The molecule has 2 fully saturated rings. The van der Waals surface area contributed by atoms with Gasteiger partial charge in [-0.2, -0.15) is 23.4 Å². The highest BCUT2D eigenvalue weighted by atomic mass is 35.5. The van der Waals surface area contributed by atoms with Gasteiger partial charge in [-0.3, -0.25) is 4.55 Å². The number of aromatic nitrogens is 3. The van der Waals surface area contributed by atoms with Gasteiger partial charge in [-0.25, -0.2) is 0 Å². The first-order valence-electron chi connectivity index (χ1n) is 7.02. The first kappa shape index (κ1) is 17.7. The van der Waals surface area contributed by atoms with Gasteiger partial charge < -0.3 is 5.73 Å². The average molecular weight is 369 g/mol. The Morgan fingerprint density at radius 3 is 1.95 bits per heavy atom. The molecule has 0 radical (unpaired) electrons. The molecule has 1 spiro atoms. The zero-order valence-electron chi connectivity index (χ0n) is 11.9. The fraction of sp³-hybridized carbons (Fsp3) is 0.750. The molecule has 3 rings (SSSR count). The second-order valence-electron chi connectivity index (χ2n) is 5.70. The molecule has 1 heterocycles. The van der Waals surface area contributed by atoms with Gasteiger partial charge in [0.1, 0.15) is 0 Å². The number of hydrogen-bond acceptors (Lipinski definition) is 6.